The van der Waals surface area contributed by atoms with Gasteiger partial charge < -0.3 is 4.74 Å². The lowest BCUT2D eigenvalue weighted by Crippen LogP contribution is -2.52. The molecule has 1 aliphatic heterocycles. The Kier molecular flexibility index (Phi) is 2.61. The lowest BCUT2D eigenvalue weighted by Gasteiger charge is -2.41. The number of carbonyl (C=O) groups excluding carboxylic acids is 1. The molecular formula is C9H18O2Si. The highest BCUT2D eigenvalue weighted by molar-refractivity contribution is 6.81. The van der Waals surface area contributed by atoms with Gasteiger partial charge in [0.2, 0.25) is 0 Å². The number of ether oxygens (including phenoxy) is 1. The minimum Gasteiger partial charge on any atom is -0.462 e. The number of hydrogen-bond acceptors (Lipinski definition) is 2. The summed E-state index contributed by atoms with van der Waals surface area (Å²) < 4.78 is 5.11. The summed E-state index contributed by atoms with van der Waals surface area (Å²) in [5, 5.41) is 0. The summed E-state index contributed by atoms with van der Waals surface area (Å²) in [5.41, 5.74) is 0.262. The van der Waals surface area contributed by atoms with Gasteiger partial charge in [0.25, 0.3) is 0 Å². The van der Waals surface area contributed by atoms with E-state index in [0.717, 1.165) is 12.8 Å². The number of esters is 1. The summed E-state index contributed by atoms with van der Waals surface area (Å²) in [6, 6.07) is 0. The molecule has 0 aromatic heterocycles. The van der Waals surface area contributed by atoms with Crippen molar-refractivity contribution in [1.82, 2.24) is 0 Å². The van der Waals surface area contributed by atoms with Crippen LogP contribution in [0.4, 0.5) is 0 Å². The molecule has 0 aromatic rings. The Morgan fingerprint density at radius 3 is 2.33 bits per heavy atom. The largest absolute Gasteiger partial charge is 0.462 e. The standard InChI is InChI=1S/C9H18O2Si/c1-5-6-7-8(9(10)11-7)12(2,3)4/h7-8H,5-6H2,1-4H3/t7-,8+/m0/s1. The van der Waals surface area contributed by atoms with Gasteiger partial charge in [-0.25, -0.2) is 0 Å². The maximum atomic E-state index is 11.2. The van der Waals surface area contributed by atoms with Crippen LogP contribution in [-0.4, -0.2) is 20.1 Å². The molecule has 0 N–H and O–H groups in total. The summed E-state index contributed by atoms with van der Waals surface area (Å²) in [6.07, 6.45) is 2.40. The first-order valence-corrected chi connectivity index (χ1v) is 8.25. The van der Waals surface area contributed by atoms with Gasteiger partial charge in [-0.3, -0.25) is 4.79 Å². The molecule has 2 nitrogen and oxygen atoms in total. The van der Waals surface area contributed by atoms with E-state index in [1.807, 2.05) is 0 Å². The molecule has 0 amide bonds. The van der Waals surface area contributed by atoms with E-state index < -0.39 is 8.07 Å². The molecule has 3 heteroatoms. The summed E-state index contributed by atoms with van der Waals surface area (Å²) in [7, 11) is -1.31. The molecule has 1 fully saturated rings. The van der Waals surface area contributed by atoms with E-state index in [4.69, 9.17) is 4.74 Å². The first-order chi connectivity index (χ1) is 5.46. The lowest BCUT2D eigenvalue weighted by atomic mass is 10.1. The van der Waals surface area contributed by atoms with Crippen LogP contribution >= 0.6 is 0 Å². The Bertz CT molecular complexity index is 183. The average Bonchev–Trinajstić information content (AvgIpc) is 1.82. The van der Waals surface area contributed by atoms with Crippen LogP contribution < -0.4 is 0 Å². The highest BCUT2D eigenvalue weighted by Crippen LogP contribution is 2.39. The number of hydrogen-bond donors (Lipinski definition) is 0. The van der Waals surface area contributed by atoms with Crippen LogP contribution in [0.1, 0.15) is 19.8 Å². The van der Waals surface area contributed by atoms with Crippen LogP contribution in [0.2, 0.25) is 25.2 Å². The van der Waals surface area contributed by atoms with E-state index in [-0.39, 0.29) is 17.6 Å². The van der Waals surface area contributed by atoms with E-state index in [1.165, 1.54) is 0 Å². The van der Waals surface area contributed by atoms with Gasteiger partial charge in [-0.05, 0) is 6.42 Å². The molecule has 2 atom stereocenters. The molecule has 1 saturated heterocycles. The Balaban J connectivity index is 2.56. The van der Waals surface area contributed by atoms with Crippen LogP contribution in [0.15, 0.2) is 0 Å². The van der Waals surface area contributed by atoms with Crippen molar-refractivity contribution < 1.29 is 9.53 Å². The molecule has 0 aromatic carbocycles. The van der Waals surface area contributed by atoms with Gasteiger partial charge in [-0.15, -0.1) is 0 Å². The zero-order valence-electron chi connectivity index (χ0n) is 8.39. The van der Waals surface area contributed by atoms with Crippen molar-refractivity contribution in [3.8, 4) is 0 Å². The van der Waals surface area contributed by atoms with E-state index in [1.54, 1.807) is 0 Å². The summed E-state index contributed by atoms with van der Waals surface area (Å²) in [5.74, 6) is 0.0487. The number of rotatable bonds is 3. The summed E-state index contributed by atoms with van der Waals surface area (Å²) >= 11 is 0. The maximum absolute atomic E-state index is 11.2. The van der Waals surface area contributed by atoms with Crippen molar-refractivity contribution >= 4 is 14.0 Å². The first kappa shape index (κ1) is 9.77. The maximum Gasteiger partial charge on any atom is 0.310 e. The Hall–Kier alpha value is -0.313. The highest BCUT2D eigenvalue weighted by atomic mass is 28.3. The molecule has 0 saturated carbocycles. The summed E-state index contributed by atoms with van der Waals surface area (Å²) in [4.78, 5) is 11.2. The molecule has 1 rings (SSSR count). The Morgan fingerprint density at radius 2 is 2.00 bits per heavy atom. The SMILES string of the molecule is CCC[C@@H]1OC(=O)[C@@H]1[Si](C)(C)C. The quantitative estimate of drug-likeness (QED) is 0.500. The summed E-state index contributed by atoms with van der Waals surface area (Å²) in [6.45, 7) is 8.84. The van der Waals surface area contributed by atoms with Gasteiger partial charge in [0.05, 0.1) is 13.6 Å². The molecule has 70 valence electrons. The topological polar surface area (TPSA) is 26.3 Å². The fourth-order valence-electron chi connectivity index (χ4n) is 1.79. The van der Waals surface area contributed by atoms with Crippen LogP contribution in [0.5, 0.6) is 0 Å². The minimum absolute atomic E-state index is 0.0487. The predicted molar refractivity (Wildman–Crippen MR) is 51.9 cm³/mol. The van der Waals surface area contributed by atoms with Crippen LogP contribution in [0, 0.1) is 0 Å². The van der Waals surface area contributed by atoms with Gasteiger partial charge >= 0.3 is 5.97 Å². The monoisotopic (exact) mass is 186 g/mol. The molecule has 1 heterocycles. The normalized spacial score (nSPS) is 29.5. The van der Waals surface area contributed by atoms with Gasteiger partial charge in [0.15, 0.2) is 0 Å². The van der Waals surface area contributed by atoms with Crippen molar-refractivity contribution in [2.24, 2.45) is 0 Å². The van der Waals surface area contributed by atoms with Gasteiger partial charge in [-0.1, -0.05) is 33.0 Å². The number of cyclic esters (lactones) is 1. The van der Waals surface area contributed by atoms with Crippen LogP contribution in [0.3, 0.4) is 0 Å². The van der Waals surface area contributed by atoms with Crippen molar-refractivity contribution in [2.75, 3.05) is 0 Å². The predicted octanol–water partition coefficient (Wildman–Crippen LogP) is 2.42. The second-order valence-electron chi connectivity index (χ2n) is 4.61. The molecule has 0 unspecified atom stereocenters. The van der Waals surface area contributed by atoms with Crippen LogP contribution in [-0.2, 0) is 9.53 Å². The second kappa shape index (κ2) is 3.21. The Morgan fingerprint density at radius 1 is 1.42 bits per heavy atom. The van der Waals surface area contributed by atoms with Crippen molar-refractivity contribution in [1.29, 1.82) is 0 Å². The third-order valence-electron chi connectivity index (χ3n) is 2.40. The zero-order chi connectivity index (χ0) is 9.35. The van der Waals surface area contributed by atoms with E-state index in [9.17, 15) is 4.79 Å². The smallest absolute Gasteiger partial charge is 0.310 e. The minimum atomic E-state index is -1.31. The molecule has 0 aliphatic carbocycles. The first-order valence-electron chi connectivity index (χ1n) is 4.67. The fraction of sp³-hybridized carbons (Fsp3) is 0.889. The average molecular weight is 186 g/mol. The van der Waals surface area contributed by atoms with Crippen molar-refractivity contribution in [2.45, 2.75) is 51.1 Å². The van der Waals surface area contributed by atoms with Gasteiger partial charge in [0, 0.05) is 0 Å². The zero-order valence-corrected chi connectivity index (χ0v) is 9.39. The molecule has 0 radical (unpaired) electrons. The third-order valence-corrected chi connectivity index (χ3v) is 4.87. The lowest BCUT2D eigenvalue weighted by molar-refractivity contribution is -0.170. The third kappa shape index (κ3) is 1.71. The molecule has 0 bridgehead atoms. The van der Waals surface area contributed by atoms with E-state index in [0.29, 0.717) is 0 Å². The number of carbonyl (C=O) groups is 1. The van der Waals surface area contributed by atoms with Crippen molar-refractivity contribution in [3.05, 3.63) is 0 Å². The molecular weight excluding hydrogens is 168 g/mol. The molecule has 12 heavy (non-hydrogen) atoms. The van der Waals surface area contributed by atoms with Gasteiger partial charge in [0.1, 0.15) is 6.10 Å². The van der Waals surface area contributed by atoms with Gasteiger partial charge in [-0.2, -0.15) is 0 Å². The van der Waals surface area contributed by atoms with E-state index >= 15 is 0 Å². The fourth-order valence-corrected chi connectivity index (χ4v) is 3.92. The Labute approximate surface area is 75.3 Å². The van der Waals surface area contributed by atoms with Crippen molar-refractivity contribution in [3.63, 3.8) is 0 Å². The highest BCUT2D eigenvalue weighted by Gasteiger charge is 2.49. The molecule has 1 aliphatic rings. The molecule has 0 spiro atoms. The second-order valence-corrected chi connectivity index (χ2v) is 9.96. The van der Waals surface area contributed by atoms with E-state index in [2.05, 4.69) is 26.6 Å². The van der Waals surface area contributed by atoms with Crippen LogP contribution in [0.25, 0.3) is 0 Å².